The van der Waals surface area contributed by atoms with E-state index in [1.165, 1.54) is 0 Å². The number of carbonyl (C=O) groups excluding carboxylic acids is 1. The molecule has 1 saturated carbocycles. The Balaban J connectivity index is 1.71. The molecule has 5 heteroatoms. The van der Waals surface area contributed by atoms with E-state index in [4.69, 9.17) is 11.6 Å². The van der Waals surface area contributed by atoms with Crippen LogP contribution in [0.2, 0.25) is 5.15 Å². The van der Waals surface area contributed by atoms with E-state index in [1.807, 2.05) is 50.2 Å². The van der Waals surface area contributed by atoms with Crippen LogP contribution in [-0.4, -0.2) is 22.5 Å². The predicted molar refractivity (Wildman–Crippen MR) is 94.1 cm³/mol. The van der Waals surface area contributed by atoms with Crippen LogP contribution >= 0.6 is 11.6 Å². The minimum atomic E-state index is -0.577. The maximum atomic E-state index is 12.5. The summed E-state index contributed by atoms with van der Waals surface area (Å²) in [4.78, 5) is 16.7. The zero-order valence-corrected chi connectivity index (χ0v) is 14.6. The Morgan fingerprint density at radius 3 is 2.58 bits per heavy atom. The van der Waals surface area contributed by atoms with Crippen molar-refractivity contribution in [1.29, 1.82) is 0 Å². The van der Waals surface area contributed by atoms with E-state index >= 15 is 0 Å². The van der Waals surface area contributed by atoms with Crippen molar-refractivity contribution in [2.24, 2.45) is 5.41 Å². The van der Waals surface area contributed by atoms with Gasteiger partial charge in [-0.2, -0.15) is 0 Å². The first-order valence-electron chi connectivity index (χ1n) is 8.08. The predicted octanol–water partition coefficient (Wildman–Crippen LogP) is 3.60. The molecule has 1 heterocycles. The Morgan fingerprint density at radius 1 is 1.33 bits per heavy atom. The summed E-state index contributed by atoms with van der Waals surface area (Å²) in [6, 6.07) is 11.4. The van der Waals surface area contributed by atoms with Crippen LogP contribution in [0.15, 0.2) is 36.4 Å². The van der Waals surface area contributed by atoms with Gasteiger partial charge in [-0.1, -0.05) is 41.9 Å². The summed E-state index contributed by atoms with van der Waals surface area (Å²) < 4.78 is 0. The summed E-state index contributed by atoms with van der Waals surface area (Å²) in [6.07, 6.45) is 1.21. The molecule has 126 valence electrons. The lowest BCUT2D eigenvalue weighted by Gasteiger charge is -2.23. The Kier molecular flexibility index (Phi) is 4.61. The third kappa shape index (κ3) is 3.30. The average Bonchev–Trinajstić information content (AvgIpc) is 3.33. The molecule has 2 aromatic rings. The standard InChI is InChI=1S/C19H21ClN2O2/c1-12-10-13(2)22-17(20)15(12)18(24)21-11-19(8-9-19)16(23)14-6-4-3-5-7-14/h3-7,10,16,23H,8-9,11H2,1-2H3,(H,21,24). The first-order chi connectivity index (χ1) is 11.4. The fourth-order valence-corrected chi connectivity index (χ4v) is 3.47. The molecule has 0 spiro atoms. The molecule has 1 unspecified atom stereocenters. The second-order valence-electron chi connectivity index (χ2n) is 6.60. The molecule has 4 nitrogen and oxygen atoms in total. The van der Waals surface area contributed by atoms with Crippen molar-refractivity contribution in [2.45, 2.75) is 32.8 Å². The number of benzene rings is 1. The van der Waals surface area contributed by atoms with Gasteiger partial charge in [0.25, 0.3) is 5.91 Å². The number of halogens is 1. The number of nitrogens with one attached hydrogen (secondary N) is 1. The van der Waals surface area contributed by atoms with Crippen LogP contribution in [-0.2, 0) is 0 Å². The molecule has 1 aromatic carbocycles. The van der Waals surface area contributed by atoms with E-state index < -0.39 is 6.10 Å². The van der Waals surface area contributed by atoms with Gasteiger partial charge in [0.05, 0.1) is 11.7 Å². The van der Waals surface area contributed by atoms with Crippen LogP contribution in [0.1, 0.15) is 46.1 Å². The van der Waals surface area contributed by atoms with E-state index in [9.17, 15) is 9.90 Å². The van der Waals surface area contributed by atoms with Crippen LogP contribution in [0.3, 0.4) is 0 Å². The molecule has 0 saturated heterocycles. The number of nitrogens with zero attached hydrogens (tertiary/aromatic N) is 1. The fourth-order valence-electron chi connectivity index (χ4n) is 3.10. The van der Waals surface area contributed by atoms with Crippen LogP contribution in [0, 0.1) is 19.3 Å². The first kappa shape index (κ1) is 16.9. The van der Waals surface area contributed by atoms with E-state index in [2.05, 4.69) is 10.3 Å². The molecule has 0 radical (unpaired) electrons. The van der Waals surface area contributed by atoms with Gasteiger partial charge in [-0.25, -0.2) is 4.98 Å². The summed E-state index contributed by atoms with van der Waals surface area (Å²) in [7, 11) is 0. The smallest absolute Gasteiger partial charge is 0.254 e. The largest absolute Gasteiger partial charge is 0.388 e. The number of hydrogen-bond donors (Lipinski definition) is 2. The van der Waals surface area contributed by atoms with Gasteiger partial charge in [0, 0.05) is 17.7 Å². The van der Waals surface area contributed by atoms with Crippen LogP contribution in [0.25, 0.3) is 0 Å². The van der Waals surface area contributed by atoms with E-state index in [1.54, 1.807) is 0 Å². The van der Waals surface area contributed by atoms with Gasteiger partial charge in [0.1, 0.15) is 5.15 Å². The second kappa shape index (κ2) is 6.54. The van der Waals surface area contributed by atoms with Gasteiger partial charge >= 0.3 is 0 Å². The molecule has 1 aromatic heterocycles. The minimum Gasteiger partial charge on any atom is -0.388 e. The highest BCUT2D eigenvalue weighted by molar-refractivity contribution is 6.32. The SMILES string of the molecule is Cc1cc(C)c(C(=O)NCC2(C(O)c3ccccc3)CC2)c(Cl)n1. The van der Waals surface area contributed by atoms with Crippen molar-refractivity contribution in [3.63, 3.8) is 0 Å². The lowest BCUT2D eigenvalue weighted by atomic mass is 9.92. The maximum absolute atomic E-state index is 12.5. The van der Waals surface area contributed by atoms with Gasteiger partial charge in [-0.05, 0) is 43.9 Å². The molecule has 2 N–H and O–H groups in total. The number of aromatic nitrogens is 1. The van der Waals surface area contributed by atoms with Crippen molar-refractivity contribution in [3.05, 3.63) is 63.9 Å². The summed E-state index contributed by atoms with van der Waals surface area (Å²) >= 11 is 6.13. The Labute approximate surface area is 146 Å². The summed E-state index contributed by atoms with van der Waals surface area (Å²) in [5.74, 6) is -0.239. The molecule has 24 heavy (non-hydrogen) atoms. The van der Waals surface area contributed by atoms with Crippen LogP contribution < -0.4 is 5.32 Å². The van der Waals surface area contributed by atoms with Crippen molar-refractivity contribution >= 4 is 17.5 Å². The Bertz CT molecular complexity index is 734. The molecule has 0 aliphatic heterocycles. The van der Waals surface area contributed by atoms with Gasteiger partial charge in [0.15, 0.2) is 0 Å². The minimum absolute atomic E-state index is 0.221. The first-order valence-corrected chi connectivity index (χ1v) is 8.46. The Morgan fingerprint density at radius 2 is 2.00 bits per heavy atom. The van der Waals surface area contributed by atoms with Gasteiger partial charge in [-0.15, -0.1) is 0 Å². The number of carbonyl (C=O) groups is 1. The zero-order chi connectivity index (χ0) is 17.3. The van der Waals surface area contributed by atoms with Crippen molar-refractivity contribution < 1.29 is 9.90 Å². The number of pyridine rings is 1. The number of aliphatic hydroxyl groups is 1. The van der Waals surface area contributed by atoms with Crippen LogP contribution in [0.5, 0.6) is 0 Å². The molecular weight excluding hydrogens is 324 g/mol. The van der Waals surface area contributed by atoms with Crippen molar-refractivity contribution in [2.75, 3.05) is 6.54 Å². The number of aliphatic hydroxyl groups excluding tert-OH is 1. The highest BCUT2D eigenvalue weighted by Gasteiger charge is 2.49. The van der Waals surface area contributed by atoms with E-state index in [0.717, 1.165) is 29.7 Å². The topological polar surface area (TPSA) is 62.2 Å². The summed E-state index contributed by atoms with van der Waals surface area (Å²) in [5, 5.41) is 13.8. The van der Waals surface area contributed by atoms with Crippen LogP contribution in [0.4, 0.5) is 0 Å². The molecule has 1 fully saturated rings. The summed E-state index contributed by atoms with van der Waals surface area (Å²) in [6.45, 7) is 4.11. The molecule has 1 aliphatic carbocycles. The molecule has 1 atom stereocenters. The number of aryl methyl sites for hydroxylation is 2. The monoisotopic (exact) mass is 344 g/mol. The molecule has 0 bridgehead atoms. The van der Waals surface area contributed by atoms with Gasteiger partial charge < -0.3 is 10.4 Å². The molecule has 1 amide bonds. The highest BCUT2D eigenvalue weighted by Crippen LogP contribution is 2.54. The van der Waals surface area contributed by atoms with Crippen molar-refractivity contribution in [3.8, 4) is 0 Å². The quantitative estimate of drug-likeness (QED) is 0.815. The lowest BCUT2D eigenvalue weighted by Crippen LogP contribution is -2.34. The van der Waals surface area contributed by atoms with Gasteiger partial charge in [0.2, 0.25) is 0 Å². The maximum Gasteiger partial charge on any atom is 0.254 e. The Hall–Kier alpha value is -1.91. The van der Waals surface area contributed by atoms with Gasteiger partial charge in [-0.3, -0.25) is 4.79 Å². The van der Waals surface area contributed by atoms with Crippen molar-refractivity contribution in [1.82, 2.24) is 10.3 Å². The fraction of sp³-hybridized carbons (Fsp3) is 0.368. The third-order valence-electron chi connectivity index (χ3n) is 4.72. The zero-order valence-electron chi connectivity index (χ0n) is 13.8. The molecular formula is C19H21ClN2O2. The van der Waals surface area contributed by atoms with E-state index in [0.29, 0.717) is 12.1 Å². The van der Waals surface area contributed by atoms with E-state index in [-0.39, 0.29) is 16.5 Å². The molecule has 1 aliphatic rings. The second-order valence-corrected chi connectivity index (χ2v) is 6.96. The lowest BCUT2D eigenvalue weighted by molar-refractivity contribution is 0.0807. The highest BCUT2D eigenvalue weighted by atomic mass is 35.5. The number of amides is 1. The number of rotatable bonds is 5. The third-order valence-corrected chi connectivity index (χ3v) is 4.99. The molecule has 3 rings (SSSR count). The normalized spacial score (nSPS) is 16.5. The summed E-state index contributed by atoms with van der Waals surface area (Å²) in [5.41, 5.74) is 2.60. The average molecular weight is 345 g/mol. The number of hydrogen-bond acceptors (Lipinski definition) is 3.